The van der Waals surface area contributed by atoms with Crippen LogP contribution in [0.1, 0.15) is 5.69 Å². The molecule has 0 aliphatic carbocycles. The van der Waals surface area contributed by atoms with Crippen molar-refractivity contribution in [1.29, 1.82) is 0 Å². The van der Waals surface area contributed by atoms with E-state index < -0.39 is 0 Å². The topological polar surface area (TPSA) is 55.1 Å². The third-order valence-corrected chi connectivity index (χ3v) is 3.02. The molecule has 84 valence electrons. The number of amides is 1. The van der Waals surface area contributed by atoms with Gasteiger partial charge in [0.1, 0.15) is 5.88 Å². The first-order valence-electron chi connectivity index (χ1n) is 4.60. The minimum Gasteiger partial charge on any atom is -0.462 e. The zero-order chi connectivity index (χ0) is 11.4. The maximum atomic E-state index is 10.9. The Morgan fingerprint density at radius 3 is 3.19 bits per heavy atom. The van der Waals surface area contributed by atoms with Crippen LogP contribution in [0.3, 0.4) is 0 Å². The number of nitrogens with one attached hydrogen (secondary N) is 1. The van der Waals surface area contributed by atoms with Crippen LogP contribution < -0.4 is 5.32 Å². The number of aromatic nitrogens is 1. The second-order valence-corrected chi connectivity index (χ2v) is 4.16. The number of alkyl halides is 1. The molecule has 0 aliphatic rings. The standard InChI is InChI=1S/C10H9ClN2O2S/c11-4-9(14)12-5-7-6-16-10(13-7)8-2-1-3-15-8/h1-3,6H,4-5H2,(H,12,14). The lowest BCUT2D eigenvalue weighted by Crippen LogP contribution is -2.23. The number of carbonyl (C=O) groups excluding carboxylic acids is 1. The molecule has 0 spiro atoms. The molecule has 1 N–H and O–H groups in total. The molecule has 2 aromatic heterocycles. The fourth-order valence-electron chi connectivity index (χ4n) is 1.14. The summed E-state index contributed by atoms with van der Waals surface area (Å²) < 4.78 is 5.22. The van der Waals surface area contributed by atoms with E-state index in [1.807, 2.05) is 17.5 Å². The first-order valence-corrected chi connectivity index (χ1v) is 6.02. The molecule has 0 aromatic carbocycles. The summed E-state index contributed by atoms with van der Waals surface area (Å²) in [6.45, 7) is 0.392. The predicted octanol–water partition coefficient (Wildman–Crippen LogP) is 2.26. The van der Waals surface area contributed by atoms with Crippen LogP contribution in [0.2, 0.25) is 0 Å². The molecule has 0 saturated carbocycles. The highest BCUT2D eigenvalue weighted by atomic mass is 35.5. The number of thiazole rings is 1. The number of furan rings is 1. The molecule has 2 aromatic rings. The van der Waals surface area contributed by atoms with Crippen LogP contribution in [0.15, 0.2) is 28.2 Å². The predicted molar refractivity (Wildman–Crippen MR) is 62.4 cm³/mol. The van der Waals surface area contributed by atoms with Crippen molar-refractivity contribution in [1.82, 2.24) is 10.3 Å². The molecule has 0 aliphatic heterocycles. The van der Waals surface area contributed by atoms with E-state index in [2.05, 4.69) is 10.3 Å². The van der Waals surface area contributed by atoms with Crippen molar-refractivity contribution in [2.24, 2.45) is 0 Å². The minimum absolute atomic E-state index is 0.0326. The van der Waals surface area contributed by atoms with E-state index in [1.54, 1.807) is 6.26 Å². The van der Waals surface area contributed by atoms with E-state index >= 15 is 0 Å². The van der Waals surface area contributed by atoms with Crippen molar-refractivity contribution in [2.75, 3.05) is 5.88 Å². The van der Waals surface area contributed by atoms with Crippen molar-refractivity contribution in [2.45, 2.75) is 6.54 Å². The Labute approximate surface area is 101 Å². The largest absolute Gasteiger partial charge is 0.462 e. The Morgan fingerprint density at radius 1 is 1.62 bits per heavy atom. The van der Waals surface area contributed by atoms with Crippen molar-refractivity contribution in [3.05, 3.63) is 29.5 Å². The quantitative estimate of drug-likeness (QED) is 0.854. The number of hydrogen-bond donors (Lipinski definition) is 1. The molecular weight excluding hydrogens is 248 g/mol. The molecule has 6 heteroatoms. The summed E-state index contributed by atoms with van der Waals surface area (Å²) in [4.78, 5) is 15.3. The molecule has 0 fully saturated rings. The summed E-state index contributed by atoms with van der Waals surface area (Å²) in [5.41, 5.74) is 0.801. The Hall–Kier alpha value is -1.33. The van der Waals surface area contributed by atoms with E-state index in [1.165, 1.54) is 11.3 Å². The molecule has 16 heavy (non-hydrogen) atoms. The minimum atomic E-state index is -0.200. The molecule has 0 unspecified atom stereocenters. The molecule has 0 atom stereocenters. The summed E-state index contributed by atoms with van der Waals surface area (Å²) in [5, 5.41) is 5.34. The van der Waals surface area contributed by atoms with Crippen LogP contribution in [0.4, 0.5) is 0 Å². The van der Waals surface area contributed by atoms with E-state index in [-0.39, 0.29) is 11.8 Å². The highest BCUT2D eigenvalue weighted by Crippen LogP contribution is 2.23. The molecule has 2 rings (SSSR count). The second-order valence-electron chi connectivity index (χ2n) is 3.03. The third kappa shape index (κ3) is 2.62. The smallest absolute Gasteiger partial charge is 0.235 e. The van der Waals surface area contributed by atoms with Gasteiger partial charge in [-0.25, -0.2) is 4.98 Å². The van der Waals surface area contributed by atoms with Gasteiger partial charge in [0.05, 0.1) is 18.5 Å². The Morgan fingerprint density at radius 2 is 2.50 bits per heavy atom. The number of hydrogen-bond acceptors (Lipinski definition) is 4. The summed E-state index contributed by atoms with van der Waals surface area (Å²) in [7, 11) is 0. The van der Waals surface area contributed by atoms with Gasteiger partial charge in [0.25, 0.3) is 0 Å². The van der Waals surface area contributed by atoms with E-state index in [9.17, 15) is 4.79 Å². The van der Waals surface area contributed by atoms with Crippen LogP contribution in [-0.4, -0.2) is 16.8 Å². The van der Waals surface area contributed by atoms with Crippen molar-refractivity contribution in [3.63, 3.8) is 0 Å². The third-order valence-electron chi connectivity index (χ3n) is 1.87. The monoisotopic (exact) mass is 256 g/mol. The van der Waals surface area contributed by atoms with Gasteiger partial charge in [-0.1, -0.05) is 0 Å². The molecule has 4 nitrogen and oxygen atoms in total. The first kappa shape index (κ1) is 11.2. The van der Waals surface area contributed by atoms with Crippen molar-refractivity contribution >= 4 is 28.8 Å². The van der Waals surface area contributed by atoms with Gasteiger partial charge in [0.2, 0.25) is 5.91 Å². The van der Waals surface area contributed by atoms with Gasteiger partial charge < -0.3 is 9.73 Å². The van der Waals surface area contributed by atoms with E-state index in [4.69, 9.17) is 16.0 Å². The Balaban J connectivity index is 2.00. The fraction of sp³-hybridized carbons (Fsp3) is 0.200. The SMILES string of the molecule is O=C(CCl)NCc1csc(-c2ccco2)n1. The molecule has 2 heterocycles. The highest BCUT2D eigenvalue weighted by Gasteiger charge is 2.07. The number of carbonyl (C=O) groups is 1. The highest BCUT2D eigenvalue weighted by molar-refractivity contribution is 7.13. The summed E-state index contributed by atoms with van der Waals surface area (Å²) in [5.74, 6) is 0.504. The Bertz CT molecular complexity index is 467. The molecular formula is C10H9ClN2O2S. The summed E-state index contributed by atoms with van der Waals surface area (Å²) in [6.07, 6.45) is 1.60. The summed E-state index contributed by atoms with van der Waals surface area (Å²) >= 11 is 6.84. The lowest BCUT2D eigenvalue weighted by molar-refractivity contribution is -0.118. The molecule has 0 radical (unpaired) electrons. The van der Waals surface area contributed by atoms with Gasteiger partial charge in [-0.3, -0.25) is 4.79 Å². The number of nitrogens with zero attached hydrogens (tertiary/aromatic N) is 1. The van der Waals surface area contributed by atoms with Gasteiger partial charge in [0.15, 0.2) is 10.8 Å². The lowest BCUT2D eigenvalue weighted by Gasteiger charge is -1.98. The van der Waals surface area contributed by atoms with Crippen LogP contribution in [0.5, 0.6) is 0 Å². The van der Waals surface area contributed by atoms with Crippen molar-refractivity contribution < 1.29 is 9.21 Å². The van der Waals surface area contributed by atoms with Gasteiger partial charge in [-0.15, -0.1) is 22.9 Å². The van der Waals surface area contributed by atoms with Crippen molar-refractivity contribution in [3.8, 4) is 10.8 Å². The van der Waals surface area contributed by atoms with Gasteiger partial charge in [-0.05, 0) is 12.1 Å². The number of halogens is 1. The maximum absolute atomic E-state index is 10.9. The lowest BCUT2D eigenvalue weighted by atomic mass is 10.4. The van der Waals surface area contributed by atoms with Crippen LogP contribution >= 0.6 is 22.9 Å². The molecule has 1 amide bonds. The fourth-order valence-corrected chi connectivity index (χ4v) is 2.02. The number of rotatable bonds is 4. The van der Waals surface area contributed by atoms with Crippen LogP contribution in [-0.2, 0) is 11.3 Å². The maximum Gasteiger partial charge on any atom is 0.235 e. The second kappa shape index (κ2) is 5.14. The average molecular weight is 257 g/mol. The van der Waals surface area contributed by atoms with Gasteiger partial charge >= 0.3 is 0 Å². The normalized spacial score (nSPS) is 10.3. The van der Waals surface area contributed by atoms with Crippen LogP contribution in [0, 0.1) is 0 Å². The zero-order valence-electron chi connectivity index (χ0n) is 8.27. The van der Waals surface area contributed by atoms with E-state index in [0.29, 0.717) is 6.54 Å². The van der Waals surface area contributed by atoms with E-state index in [0.717, 1.165) is 16.5 Å². The van der Waals surface area contributed by atoms with Gasteiger partial charge in [0, 0.05) is 5.38 Å². The Kier molecular flexibility index (Phi) is 3.58. The van der Waals surface area contributed by atoms with Crippen LogP contribution in [0.25, 0.3) is 10.8 Å². The average Bonchev–Trinajstić information content (AvgIpc) is 2.95. The molecule has 0 bridgehead atoms. The van der Waals surface area contributed by atoms with Gasteiger partial charge in [-0.2, -0.15) is 0 Å². The molecule has 0 saturated heterocycles. The zero-order valence-corrected chi connectivity index (χ0v) is 9.85. The first-order chi connectivity index (χ1) is 7.79. The summed E-state index contributed by atoms with van der Waals surface area (Å²) in [6, 6.07) is 3.66.